The molecule has 1 aromatic heterocycles. The van der Waals surface area contributed by atoms with Crippen LogP contribution in [-0.4, -0.2) is 46.9 Å². The van der Waals surface area contributed by atoms with Crippen molar-refractivity contribution in [3.8, 4) is 34.0 Å². The predicted octanol–water partition coefficient (Wildman–Crippen LogP) is 7.18. The van der Waals surface area contributed by atoms with Gasteiger partial charge in [-0.25, -0.2) is 4.98 Å². The Balaban J connectivity index is 1.39. The second-order valence-corrected chi connectivity index (χ2v) is 9.73. The van der Waals surface area contributed by atoms with Crippen molar-refractivity contribution in [1.82, 2.24) is 14.5 Å². The molecule has 5 rings (SSSR count). The molecule has 0 saturated carbocycles. The number of rotatable bonds is 9. The third-order valence-corrected chi connectivity index (χ3v) is 7.19. The minimum Gasteiger partial charge on any atom is -0.494 e. The van der Waals surface area contributed by atoms with Crippen LogP contribution in [0.5, 0.6) is 5.75 Å². The highest BCUT2D eigenvalue weighted by atomic mass is 32.2. The lowest BCUT2D eigenvalue weighted by molar-refractivity contribution is 0.205. The first-order valence-corrected chi connectivity index (χ1v) is 13.8. The van der Waals surface area contributed by atoms with E-state index in [2.05, 4.69) is 94.6 Å². The zero-order valence-corrected chi connectivity index (χ0v) is 21.2. The molecule has 0 aliphatic carbocycles. The van der Waals surface area contributed by atoms with E-state index in [-0.39, 0.29) is 0 Å². The number of hydrogen-bond acceptors (Lipinski definition) is 4. The van der Waals surface area contributed by atoms with E-state index in [0.29, 0.717) is 0 Å². The number of imidazole rings is 1. The third kappa shape index (κ3) is 5.63. The zero-order chi connectivity index (χ0) is 23.9. The first kappa shape index (κ1) is 23.7. The Morgan fingerprint density at radius 1 is 0.800 bits per heavy atom. The van der Waals surface area contributed by atoms with Gasteiger partial charge in [0.1, 0.15) is 5.75 Å². The molecule has 1 fully saturated rings. The van der Waals surface area contributed by atoms with Gasteiger partial charge in [0, 0.05) is 23.4 Å². The first-order valence-electron chi connectivity index (χ1n) is 12.6. The van der Waals surface area contributed by atoms with Crippen molar-refractivity contribution in [1.29, 1.82) is 0 Å². The monoisotopic (exact) mass is 483 g/mol. The Kier molecular flexibility index (Phi) is 7.86. The van der Waals surface area contributed by atoms with Crippen molar-refractivity contribution in [2.45, 2.75) is 30.8 Å². The van der Waals surface area contributed by atoms with E-state index in [0.717, 1.165) is 58.7 Å². The van der Waals surface area contributed by atoms with E-state index in [1.165, 1.54) is 32.4 Å². The Morgan fingerprint density at radius 2 is 1.46 bits per heavy atom. The van der Waals surface area contributed by atoms with Crippen LogP contribution in [0.4, 0.5) is 0 Å². The fraction of sp³-hybridized carbons (Fsp3) is 0.300. The molecule has 3 aromatic carbocycles. The molecular formula is C30H33N3OS. The summed E-state index contributed by atoms with van der Waals surface area (Å²) in [5.74, 6) is 0.919. The van der Waals surface area contributed by atoms with Gasteiger partial charge >= 0.3 is 0 Å². The minimum absolute atomic E-state index is 0.754. The molecule has 5 heteroatoms. The maximum absolute atomic E-state index is 6.08. The molecule has 1 aliphatic heterocycles. The summed E-state index contributed by atoms with van der Waals surface area (Å²) in [6.45, 7) is 4.37. The van der Waals surface area contributed by atoms with Crippen LogP contribution in [0.25, 0.3) is 28.2 Å². The van der Waals surface area contributed by atoms with Gasteiger partial charge in [-0.15, -0.1) is 0 Å². The van der Waals surface area contributed by atoms with E-state index in [1.807, 2.05) is 6.07 Å². The highest BCUT2D eigenvalue weighted by Gasteiger charge is 2.21. The molecule has 0 spiro atoms. The van der Waals surface area contributed by atoms with E-state index >= 15 is 0 Å². The summed E-state index contributed by atoms with van der Waals surface area (Å²) in [6.07, 6.45) is 7.21. The average molecular weight is 484 g/mol. The van der Waals surface area contributed by atoms with Crippen molar-refractivity contribution < 1.29 is 4.74 Å². The molecule has 4 nitrogen and oxygen atoms in total. The molecule has 35 heavy (non-hydrogen) atoms. The van der Waals surface area contributed by atoms with Crippen molar-refractivity contribution in [3.05, 3.63) is 84.9 Å². The molecule has 4 aromatic rings. The summed E-state index contributed by atoms with van der Waals surface area (Å²) in [5, 5.41) is 0.970. The number of hydrogen-bond donors (Lipinski definition) is 0. The summed E-state index contributed by atoms with van der Waals surface area (Å²) < 4.78 is 8.34. The summed E-state index contributed by atoms with van der Waals surface area (Å²) in [6, 6.07) is 29.4. The van der Waals surface area contributed by atoms with Crippen LogP contribution in [0.3, 0.4) is 0 Å². The second-order valence-electron chi connectivity index (χ2n) is 8.96. The van der Waals surface area contributed by atoms with Crippen molar-refractivity contribution >= 4 is 11.8 Å². The molecule has 0 unspecified atom stereocenters. The van der Waals surface area contributed by atoms with E-state index in [9.17, 15) is 0 Å². The molecule has 1 aliphatic rings. The quantitative estimate of drug-likeness (QED) is 0.186. The van der Waals surface area contributed by atoms with Gasteiger partial charge in [0.05, 0.1) is 18.0 Å². The number of nitrogens with zero attached hydrogens (tertiary/aromatic N) is 3. The number of aromatic nitrogens is 2. The first-order chi connectivity index (χ1) is 17.3. The molecule has 0 amide bonds. The van der Waals surface area contributed by atoms with Gasteiger partial charge in [-0.2, -0.15) is 0 Å². The van der Waals surface area contributed by atoms with Gasteiger partial charge in [0.2, 0.25) is 0 Å². The maximum atomic E-state index is 6.08. The van der Waals surface area contributed by atoms with Gasteiger partial charge in [-0.3, -0.25) is 4.57 Å². The van der Waals surface area contributed by atoms with Crippen molar-refractivity contribution in [3.63, 3.8) is 0 Å². The van der Waals surface area contributed by atoms with Gasteiger partial charge in [0.25, 0.3) is 0 Å². The van der Waals surface area contributed by atoms with Crippen LogP contribution in [0.2, 0.25) is 0 Å². The summed E-state index contributed by atoms with van der Waals surface area (Å²) in [4.78, 5) is 7.63. The molecule has 0 atom stereocenters. The molecule has 0 bridgehead atoms. The molecule has 2 heterocycles. The van der Waals surface area contributed by atoms with Crippen LogP contribution >= 0.6 is 11.8 Å². The lowest BCUT2D eigenvalue weighted by atomic mass is 10.0. The molecular weight excluding hydrogens is 450 g/mol. The van der Waals surface area contributed by atoms with Gasteiger partial charge in [-0.1, -0.05) is 78.8 Å². The van der Waals surface area contributed by atoms with Crippen LogP contribution < -0.4 is 4.74 Å². The van der Waals surface area contributed by atoms with E-state index < -0.39 is 0 Å². The van der Waals surface area contributed by atoms with Crippen molar-refractivity contribution in [2.24, 2.45) is 0 Å². The summed E-state index contributed by atoms with van der Waals surface area (Å²) in [7, 11) is 0. The zero-order valence-electron chi connectivity index (χ0n) is 20.4. The fourth-order valence-electron chi connectivity index (χ4n) is 4.79. The number of thioether (sulfide) groups is 1. The SMILES string of the molecule is CSc1nc(-c2ccccc2)c(-c2ccccc2)n1-c1ccc(OCCCN2CCCCC2)cc1. The van der Waals surface area contributed by atoms with E-state index in [1.54, 1.807) is 11.8 Å². The lowest BCUT2D eigenvalue weighted by Crippen LogP contribution is -2.31. The molecule has 180 valence electrons. The Bertz CT molecular complexity index is 1200. The second kappa shape index (κ2) is 11.6. The number of piperidine rings is 1. The molecule has 0 radical (unpaired) electrons. The van der Waals surface area contributed by atoms with Crippen LogP contribution in [0, 0.1) is 0 Å². The highest BCUT2D eigenvalue weighted by molar-refractivity contribution is 7.98. The number of ether oxygens (including phenoxy) is 1. The van der Waals surface area contributed by atoms with Gasteiger partial charge < -0.3 is 9.64 Å². The number of benzene rings is 3. The largest absolute Gasteiger partial charge is 0.494 e. The maximum Gasteiger partial charge on any atom is 0.173 e. The smallest absolute Gasteiger partial charge is 0.173 e. The Labute approximate surface area is 213 Å². The summed E-state index contributed by atoms with van der Waals surface area (Å²) >= 11 is 1.67. The van der Waals surface area contributed by atoms with Crippen molar-refractivity contribution in [2.75, 3.05) is 32.5 Å². The van der Waals surface area contributed by atoms with Crippen LogP contribution in [-0.2, 0) is 0 Å². The Hall–Kier alpha value is -3.02. The minimum atomic E-state index is 0.754. The fourth-order valence-corrected chi connectivity index (χ4v) is 5.35. The topological polar surface area (TPSA) is 30.3 Å². The van der Waals surface area contributed by atoms with Gasteiger partial charge in [0.15, 0.2) is 5.16 Å². The lowest BCUT2D eigenvalue weighted by Gasteiger charge is -2.26. The third-order valence-electron chi connectivity index (χ3n) is 6.55. The number of likely N-dealkylation sites (tertiary alicyclic amines) is 1. The molecule has 0 N–H and O–H groups in total. The van der Waals surface area contributed by atoms with Crippen LogP contribution in [0.1, 0.15) is 25.7 Å². The highest BCUT2D eigenvalue weighted by Crippen LogP contribution is 2.37. The van der Waals surface area contributed by atoms with Gasteiger partial charge in [-0.05, 0) is 62.9 Å². The predicted molar refractivity (Wildman–Crippen MR) is 147 cm³/mol. The standard InChI is InChI=1S/C30H33N3OS/c1-35-30-31-28(24-12-5-2-6-13-24)29(25-14-7-3-8-15-25)33(30)26-16-18-27(19-17-26)34-23-11-22-32-20-9-4-10-21-32/h2-3,5-8,12-19H,4,9-11,20-23H2,1H3. The Morgan fingerprint density at radius 3 is 2.11 bits per heavy atom. The molecule has 1 saturated heterocycles. The average Bonchev–Trinajstić information content (AvgIpc) is 3.33. The van der Waals surface area contributed by atoms with E-state index in [4.69, 9.17) is 9.72 Å². The summed E-state index contributed by atoms with van der Waals surface area (Å²) in [5.41, 5.74) is 5.46. The normalized spacial score (nSPS) is 14.2. The van der Waals surface area contributed by atoms with Crippen LogP contribution in [0.15, 0.2) is 90.1 Å².